The molecule has 8 heteroatoms. The molecule has 0 bridgehead atoms. The van der Waals surface area contributed by atoms with Crippen molar-refractivity contribution in [3.63, 3.8) is 0 Å². The highest BCUT2D eigenvalue weighted by atomic mass is 35.5. The smallest absolute Gasteiger partial charge is 0.251 e. The predicted molar refractivity (Wildman–Crippen MR) is 101 cm³/mol. The molecule has 4 rings (SSSR count). The van der Waals surface area contributed by atoms with Crippen LogP contribution in [0.2, 0.25) is 5.02 Å². The predicted octanol–water partition coefficient (Wildman–Crippen LogP) is 2.57. The molecule has 0 saturated carbocycles. The fourth-order valence-corrected chi connectivity index (χ4v) is 3.65. The summed E-state index contributed by atoms with van der Waals surface area (Å²) >= 11 is 5.76. The molecule has 2 aliphatic rings. The summed E-state index contributed by atoms with van der Waals surface area (Å²) < 4.78 is 19.6. The third-order valence-corrected chi connectivity index (χ3v) is 5.30. The van der Waals surface area contributed by atoms with Crippen molar-refractivity contribution in [3.8, 4) is 0 Å². The molecule has 2 aliphatic heterocycles. The zero-order chi connectivity index (χ0) is 19.8. The molecule has 2 aromatic rings. The lowest BCUT2D eigenvalue weighted by Crippen LogP contribution is -2.65. The van der Waals surface area contributed by atoms with Gasteiger partial charge < -0.3 is 9.64 Å². The summed E-state index contributed by atoms with van der Waals surface area (Å²) in [5, 5.41) is 0.127. The first kappa shape index (κ1) is 18.8. The van der Waals surface area contributed by atoms with E-state index in [0.29, 0.717) is 19.8 Å². The lowest BCUT2D eigenvalue weighted by atomic mass is 9.92. The quantitative estimate of drug-likeness (QED) is 0.787. The highest BCUT2D eigenvalue weighted by Gasteiger charge is 2.47. The third kappa shape index (κ3) is 3.47. The fourth-order valence-electron chi connectivity index (χ4n) is 3.51. The molecular formula is C20H19ClFN3O3. The van der Waals surface area contributed by atoms with E-state index in [4.69, 9.17) is 16.3 Å². The van der Waals surface area contributed by atoms with Crippen molar-refractivity contribution in [2.45, 2.75) is 19.5 Å². The first-order valence-corrected chi connectivity index (χ1v) is 9.37. The van der Waals surface area contributed by atoms with Gasteiger partial charge in [0.25, 0.3) is 5.91 Å². The molecule has 0 radical (unpaired) electrons. The summed E-state index contributed by atoms with van der Waals surface area (Å²) in [5.74, 6) is -1.64. The van der Waals surface area contributed by atoms with Crippen molar-refractivity contribution in [1.29, 1.82) is 0 Å². The van der Waals surface area contributed by atoms with Gasteiger partial charge in [-0.05, 0) is 18.6 Å². The number of aromatic nitrogens is 1. The molecule has 2 saturated heterocycles. The molecule has 0 aliphatic carbocycles. The normalized spacial score (nSPS) is 20.5. The number of halogens is 2. The van der Waals surface area contributed by atoms with E-state index in [0.717, 1.165) is 22.1 Å². The summed E-state index contributed by atoms with van der Waals surface area (Å²) in [6.07, 6.45) is 1.26. The van der Waals surface area contributed by atoms with Crippen molar-refractivity contribution in [2.75, 3.05) is 24.7 Å². The number of benzene rings is 1. The summed E-state index contributed by atoms with van der Waals surface area (Å²) in [7, 11) is 0. The van der Waals surface area contributed by atoms with Crippen LogP contribution in [0.5, 0.6) is 0 Å². The maximum Gasteiger partial charge on any atom is 0.251 e. The number of nitrogens with zero attached hydrogens (tertiary/aromatic N) is 3. The Morgan fingerprint density at radius 3 is 2.57 bits per heavy atom. The van der Waals surface area contributed by atoms with Gasteiger partial charge in [-0.2, -0.15) is 0 Å². The molecule has 1 atom stereocenters. The maximum absolute atomic E-state index is 14.4. The number of carbonyl (C=O) groups excluding carboxylic acids is 2. The number of carbonyl (C=O) groups is 2. The van der Waals surface area contributed by atoms with Gasteiger partial charge in [-0.3, -0.25) is 14.5 Å². The fraction of sp³-hybridized carbons (Fsp3) is 0.350. The minimum absolute atomic E-state index is 0.125. The standard InChI is InChI=1S/C20H19ClFN3O3/c1-12-2-4-13(5-3-12)8-24-17(26)9-25(19-16(22)6-15(21)7-23-19)20(27)18(24)14-10-28-11-14/h2-7,14,18H,8-11H2,1H3/t18-/m1/s1. The van der Waals surface area contributed by atoms with E-state index in [-0.39, 0.29) is 35.1 Å². The highest BCUT2D eigenvalue weighted by molar-refractivity contribution is 6.30. The third-order valence-electron chi connectivity index (χ3n) is 5.10. The first-order valence-electron chi connectivity index (χ1n) is 8.99. The van der Waals surface area contributed by atoms with Crippen LogP contribution in [0.3, 0.4) is 0 Å². The van der Waals surface area contributed by atoms with E-state index in [1.54, 1.807) is 4.90 Å². The van der Waals surface area contributed by atoms with Gasteiger partial charge in [-0.1, -0.05) is 41.4 Å². The van der Waals surface area contributed by atoms with E-state index < -0.39 is 11.9 Å². The van der Waals surface area contributed by atoms with Gasteiger partial charge in [0.05, 0.1) is 18.2 Å². The Balaban J connectivity index is 1.65. The summed E-state index contributed by atoms with van der Waals surface area (Å²) in [6, 6.07) is 8.18. The van der Waals surface area contributed by atoms with Crippen LogP contribution in [0.25, 0.3) is 0 Å². The van der Waals surface area contributed by atoms with Crippen molar-refractivity contribution >= 4 is 29.2 Å². The molecular weight excluding hydrogens is 385 g/mol. The molecule has 1 aromatic carbocycles. The van der Waals surface area contributed by atoms with Crippen LogP contribution < -0.4 is 4.90 Å². The second-order valence-electron chi connectivity index (χ2n) is 7.13. The Morgan fingerprint density at radius 1 is 1.25 bits per heavy atom. The zero-order valence-corrected chi connectivity index (χ0v) is 16.0. The molecule has 3 heterocycles. The van der Waals surface area contributed by atoms with E-state index >= 15 is 0 Å². The zero-order valence-electron chi connectivity index (χ0n) is 15.3. The molecule has 0 spiro atoms. The maximum atomic E-state index is 14.4. The molecule has 28 heavy (non-hydrogen) atoms. The number of hydrogen-bond donors (Lipinski definition) is 0. The topological polar surface area (TPSA) is 62.7 Å². The van der Waals surface area contributed by atoms with E-state index in [9.17, 15) is 14.0 Å². The van der Waals surface area contributed by atoms with Crippen LogP contribution in [-0.4, -0.2) is 47.5 Å². The van der Waals surface area contributed by atoms with E-state index in [1.807, 2.05) is 31.2 Å². The molecule has 2 fully saturated rings. The van der Waals surface area contributed by atoms with Gasteiger partial charge in [-0.25, -0.2) is 9.37 Å². The van der Waals surface area contributed by atoms with Crippen LogP contribution in [0, 0.1) is 18.7 Å². The van der Waals surface area contributed by atoms with Crippen LogP contribution >= 0.6 is 11.6 Å². The average Bonchev–Trinajstić information content (AvgIpc) is 2.61. The number of anilines is 1. The van der Waals surface area contributed by atoms with Gasteiger partial charge in [0.15, 0.2) is 11.6 Å². The van der Waals surface area contributed by atoms with Crippen molar-refractivity contribution in [1.82, 2.24) is 9.88 Å². The molecule has 0 unspecified atom stereocenters. The second kappa shape index (κ2) is 7.48. The second-order valence-corrected chi connectivity index (χ2v) is 7.57. The van der Waals surface area contributed by atoms with Crippen molar-refractivity contribution < 1.29 is 18.7 Å². The van der Waals surface area contributed by atoms with Gasteiger partial charge in [0, 0.05) is 18.7 Å². The largest absolute Gasteiger partial charge is 0.380 e. The van der Waals surface area contributed by atoms with Crippen LogP contribution in [0.15, 0.2) is 36.5 Å². The van der Waals surface area contributed by atoms with Gasteiger partial charge in [0.1, 0.15) is 12.6 Å². The van der Waals surface area contributed by atoms with Gasteiger partial charge >= 0.3 is 0 Å². The van der Waals surface area contributed by atoms with Gasteiger partial charge in [-0.15, -0.1) is 0 Å². The Hall–Kier alpha value is -2.51. The number of pyridine rings is 1. The molecule has 2 amide bonds. The van der Waals surface area contributed by atoms with Crippen LogP contribution in [0.4, 0.5) is 10.2 Å². The lowest BCUT2D eigenvalue weighted by Gasteiger charge is -2.45. The summed E-state index contributed by atoms with van der Waals surface area (Å²) in [5.41, 5.74) is 2.05. The number of rotatable bonds is 4. The Morgan fingerprint density at radius 2 is 1.96 bits per heavy atom. The Bertz CT molecular complexity index is 917. The Kier molecular flexibility index (Phi) is 5.03. The minimum atomic E-state index is -0.732. The SMILES string of the molecule is Cc1ccc(CN2C(=O)CN(c3ncc(Cl)cc3F)C(=O)[C@H]2C2COC2)cc1. The number of aryl methyl sites for hydroxylation is 1. The summed E-state index contributed by atoms with van der Waals surface area (Å²) in [6.45, 7) is 2.81. The van der Waals surface area contributed by atoms with E-state index in [2.05, 4.69) is 4.98 Å². The van der Waals surface area contributed by atoms with Crippen LogP contribution in [0.1, 0.15) is 11.1 Å². The summed E-state index contributed by atoms with van der Waals surface area (Å²) in [4.78, 5) is 32.8. The Labute approximate surface area is 166 Å². The number of hydrogen-bond acceptors (Lipinski definition) is 4. The number of ether oxygens (including phenoxy) is 1. The minimum Gasteiger partial charge on any atom is -0.380 e. The molecule has 146 valence electrons. The van der Waals surface area contributed by atoms with E-state index in [1.165, 1.54) is 6.20 Å². The highest BCUT2D eigenvalue weighted by Crippen LogP contribution is 2.30. The van der Waals surface area contributed by atoms with Gasteiger partial charge in [0.2, 0.25) is 5.91 Å². The number of piperazine rings is 1. The van der Waals surface area contributed by atoms with Crippen LogP contribution in [-0.2, 0) is 20.9 Å². The molecule has 6 nitrogen and oxygen atoms in total. The number of amides is 2. The molecule has 1 aromatic heterocycles. The lowest BCUT2D eigenvalue weighted by molar-refractivity contribution is -0.155. The van der Waals surface area contributed by atoms with Crippen molar-refractivity contribution in [3.05, 3.63) is 58.5 Å². The van der Waals surface area contributed by atoms with Crippen molar-refractivity contribution in [2.24, 2.45) is 5.92 Å². The average molecular weight is 404 g/mol. The first-order chi connectivity index (χ1) is 13.4. The monoisotopic (exact) mass is 403 g/mol. The molecule has 0 N–H and O–H groups in total.